The molecule has 2 aliphatic rings. The highest BCUT2D eigenvalue weighted by molar-refractivity contribution is 4.92. The van der Waals surface area contributed by atoms with Crippen molar-refractivity contribution in [3.63, 3.8) is 0 Å². The van der Waals surface area contributed by atoms with Gasteiger partial charge in [-0.3, -0.25) is 0 Å². The van der Waals surface area contributed by atoms with Crippen LogP contribution >= 0.6 is 0 Å². The van der Waals surface area contributed by atoms with E-state index < -0.39 is 0 Å². The van der Waals surface area contributed by atoms with E-state index in [-0.39, 0.29) is 0 Å². The fraction of sp³-hybridized carbons (Fsp3) is 1.00. The van der Waals surface area contributed by atoms with Gasteiger partial charge in [-0.05, 0) is 44.3 Å². The Morgan fingerprint density at radius 1 is 1.13 bits per heavy atom. The monoisotopic (exact) mass is 211 g/mol. The van der Waals surface area contributed by atoms with E-state index in [9.17, 15) is 0 Å². The third kappa shape index (κ3) is 2.35. The lowest BCUT2D eigenvalue weighted by molar-refractivity contribution is -0.0128. The normalized spacial score (nSPS) is 38.2. The summed E-state index contributed by atoms with van der Waals surface area (Å²) in [6.45, 7) is 9.50. The van der Waals surface area contributed by atoms with Crippen LogP contribution in [0.25, 0.3) is 0 Å². The van der Waals surface area contributed by atoms with E-state index in [1.807, 2.05) is 0 Å². The lowest BCUT2D eigenvalue weighted by Crippen LogP contribution is -2.56. The van der Waals surface area contributed by atoms with E-state index >= 15 is 0 Å². The summed E-state index contributed by atoms with van der Waals surface area (Å²) in [5.41, 5.74) is 5.74. The van der Waals surface area contributed by atoms with E-state index in [1.165, 1.54) is 39.1 Å². The number of likely N-dealkylation sites (tertiary alicyclic amines) is 2. The fourth-order valence-corrected chi connectivity index (χ4v) is 3.58. The molecule has 2 saturated heterocycles. The molecule has 3 nitrogen and oxygen atoms in total. The van der Waals surface area contributed by atoms with Crippen LogP contribution in [0, 0.1) is 17.8 Å². The summed E-state index contributed by atoms with van der Waals surface area (Å²) in [5.74, 6) is 2.63. The van der Waals surface area contributed by atoms with Crippen LogP contribution in [0.2, 0.25) is 0 Å². The molecular formula is C12H25N3. The predicted octanol–water partition coefficient (Wildman–Crippen LogP) is 0.465. The molecule has 2 atom stereocenters. The molecule has 2 fully saturated rings. The first-order chi connectivity index (χ1) is 7.24. The van der Waals surface area contributed by atoms with Crippen molar-refractivity contribution in [2.24, 2.45) is 23.5 Å². The van der Waals surface area contributed by atoms with Crippen molar-refractivity contribution >= 4 is 0 Å². The molecule has 3 heteroatoms. The number of nitrogens with two attached hydrogens (primary N) is 1. The highest BCUT2D eigenvalue weighted by atomic mass is 15.2. The first-order valence-electron chi connectivity index (χ1n) is 6.35. The Labute approximate surface area is 93.6 Å². The first kappa shape index (κ1) is 11.4. The molecule has 2 unspecified atom stereocenters. The van der Waals surface area contributed by atoms with Crippen LogP contribution in [0.3, 0.4) is 0 Å². The van der Waals surface area contributed by atoms with Gasteiger partial charge in [-0.25, -0.2) is 0 Å². The second-order valence-corrected chi connectivity index (χ2v) is 5.33. The quantitative estimate of drug-likeness (QED) is 0.736. The minimum atomic E-state index is 0.867. The van der Waals surface area contributed by atoms with Gasteiger partial charge >= 0.3 is 0 Å². The summed E-state index contributed by atoms with van der Waals surface area (Å²) in [4.78, 5) is 5.13. The van der Waals surface area contributed by atoms with Gasteiger partial charge < -0.3 is 15.5 Å². The van der Waals surface area contributed by atoms with E-state index in [4.69, 9.17) is 5.73 Å². The highest BCUT2D eigenvalue weighted by Crippen LogP contribution is 2.35. The highest BCUT2D eigenvalue weighted by Gasteiger charge is 2.39. The van der Waals surface area contributed by atoms with Gasteiger partial charge in [0.1, 0.15) is 0 Å². The summed E-state index contributed by atoms with van der Waals surface area (Å²) in [7, 11) is 2.26. The van der Waals surface area contributed by atoms with Gasteiger partial charge in [-0.2, -0.15) is 0 Å². The fourth-order valence-electron chi connectivity index (χ4n) is 3.58. The maximum atomic E-state index is 5.74. The molecule has 15 heavy (non-hydrogen) atoms. The molecule has 0 aromatic rings. The third-order valence-corrected chi connectivity index (χ3v) is 4.24. The average molecular weight is 211 g/mol. The van der Waals surface area contributed by atoms with Gasteiger partial charge in [0.05, 0.1) is 0 Å². The van der Waals surface area contributed by atoms with Crippen LogP contribution < -0.4 is 5.73 Å². The van der Waals surface area contributed by atoms with E-state index in [0.717, 1.165) is 24.3 Å². The molecule has 0 radical (unpaired) electrons. The molecule has 0 amide bonds. The first-order valence-corrected chi connectivity index (χ1v) is 6.35. The molecule has 2 heterocycles. The molecule has 2 rings (SSSR count). The number of rotatable bonds is 3. The zero-order chi connectivity index (χ0) is 10.8. The van der Waals surface area contributed by atoms with Gasteiger partial charge in [0.2, 0.25) is 0 Å². The Hall–Kier alpha value is -0.120. The molecule has 0 saturated carbocycles. The maximum absolute atomic E-state index is 5.74. The number of fused-ring (bicyclic) bond motifs is 2. The van der Waals surface area contributed by atoms with Crippen LogP contribution in [0.4, 0.5) is 0 Å². The molecule has 2 aliphatic heterocycles. The second kappa shape index (κ2) is 4.81. The lowest BCUT2D eigenvalue weighted by atomic mass is 9.72. The van der Waals surface area contributed by atoms with E-state index in [0.29, 0.717) is 0 Å². The number of hydrogen-bond acceptors (Lipinski definition) is 3. The van der Waals surface area contributed by atoms with Gasteiger partial charge in [0.25, 0.3) is 0 Å². The van der Waals surface area contributed by atoms with Crippen LogP contribution in [0.5, 0.6) is 0 Å². The molecule has 2 N–H and O–H groups in total. The largest absolute Gasteiger partial charge is 0.330 e. The third-order valence-electron chi connectivity index (χ3n) is 4.24. The van der Waals surface area contributed by atoms with Gasteiger partial charge in [-0.1, -0.05) is 6.92 Å². The van der Waals surface area contributed by atoms with Gasteiger partial charge in [-0.15, -0.1) is 0 Å². The van der Waals surface area contributed by atoms with Crippen LogP contribution in [0.1, 0.15) is 13.3 Å². The van der Waals surface area contributed by atoms with Crippen molar-refractivity contribution in [2.45, 2.75) is 13.3 Å². The average Bonchev–Trinajstić information content (AvgIpc) is 2.19. The maximum Gasteiger partial charge on any atom is 0.00247 e. The zero-order valence-electron chi connectivity index (χ0n) is 10.2. The summed E-state index contributed by atoms with van der Waals surface area (Å²) in [6, 6.07) is 0. The molecule has 88 valence electrons. The minimum Gasteiger partial charge on any atom is -0.330 e. The molecule has 0 aliphatic carbocycles. The van der Waals surface area contributed by atoms with E-state index in [1.54, 1.807) is 0 Å². The van der Waals surface area contributed by atoms with Crippen molar-refractivity contribution in [1.29, 1.82) is 0 Å². The number of piperidine rings is 2. The Morgan fingerprint density at radius 3 is 2.20 bits per heavy atom. The summed E-state index contributed by atoms with van der Waals surface area (Å²) >= 11 is 0. The Morgan fingerprint density at radius 2 is 1.73 bits per heavy atom. The molecule has 0 aromatic carbocycles. The Bertz CT molecular complexity index is 191. The van der Waals surface area contributed by atoms with Crippen molar-refractivity contribution < 1.29 is 0 Å². The SMILES string of the molecule is CCN1CC2CN(C)CC(C1)C2CCN. The van der Waals surface area contributed by atoms with Crippen molar-refractivity contribution in [3.8, 4) is 0 Å². The summed E-state index contributed by atoms with van der Waals surface area (Å²) in [6.07, 6.45) is 1.24. The molecule has 0 aromatic heterocycles. The zero-order valence-corrected chi connectivity index (χ0v) is 10.2. The standard InChI is InChI=1S/C12H25N3/c1-3-15-8-10-6-14(2)7-11(9-15)12(10)4-5-13/h10-12H,3-9,13H2,1-2H3. The van der Waals surface area contributed by atoms with Crippen molar-refractivity contribution in [3.05, 3.63) is 0 Å². The van der Waals surface area contributed by atoms with Crippen LogP contribution in [-0.2, 0) is 0 Å². The summed E-state index contributed by atoms with van der Waals surface area (Å²) < 4.78 is 0. The van der Waals surface area contributed by atoms with Crippen LogP contribution in [0.15, 0.2) is 0 Å². The smallest absolute Gasteiger partial charge is 0.00247 e. The molecule has 2 bridgehead atoms. The summed E-state index contributed by atoms with van der Waals surface area (Å²) in [5, 5.41) is 0. The predicted molar refractivity (Wildman–Crippen MR) is 63.8 cm³/mol. The van der Waals surface area contributed by atoms with Gasteiger partial charge in [0, 0.05) is 26.2 Å². The number of nitrogens with zero attached hydrogens (tertiary/aromatic N) is 2. The second-order valence-electron chi connectivity index (χ2n) is 5.33. The van der Waals surface area contributed by atoms with Gasteiger partial charge in [0.15, 0.2) is 0 Å². The van der Waals surface area contributed by atoms with E-state index in [2.05, 4.69) is 23.8 Å². The van der Waals surface area contributed by atoms with Crippen molar-refractivity contribution in [2.75, 3.05) is 46.3 Å². The lowest BCUT2D eigenvalue weighted by Gasteiger charge is -2.50. The van der Waals surface area contributed by atoms with Crippen LogP contribution in [-0.4, -0.2) is 56.1 Å². The minimum absolute atomic E-state index is 0.867. The molecule has 0 spiro atoms. The molecular weight excluding hydrogens is 186 g/mol. The topological polar surface area (TPSA) is 32.5 Å². The Kier molecular flexibility index (Phi) is 3.65. The van der Waals surface area contributed by atoms with Crippen molar-refractivity contribution in [1.82, 2.24) is 9.80 Å². The number of hydrogen-bond donors (Lipinski definition) is 1. The Balaban J connectivity index is 2.03.